The summed E-state index contributed by atoms with van der Waals surface area (Å²) in [5.74, 6) is -0.373. The van der Waals surface area contributed by atoms with Gasteiger partial charge in [0, 0.05) is 22.1 Å². The third-order valence-corrected chi connectivity index (χ3v) is 3.65. The summed E-state index contributed by atoms with van der Waals surface area (Å²) in [6.45, 7) is 0. The highest BCUT2D eigenvalue weighted by molar-refractivity contribution is 6.31. The molecule has 0 atom stereocenters. The van der Waals surface area contributed by atoms with Gasteiger partial charge in [-0.25, -0.2) is 4.79 Å². The monoisotopic (exact) mass is 328 g/mol. The number of nitrogens with one attached hydrogen (secondary N) is 1. The van der Waals surface area contributed by atoms with Crippen LogP contribution in [0.4, 0.5) is 5.69 Å². The number of H-pyrrole nitrogens is 1. The molecule has 0 unspecified atom stereocenters. The predicted molar refractivity (Wildman–Crippen MR) is 90.0 cm³/mol. The van der Waals surface area contributed by atoms with Crippen molar-refractivity contribution in [3.8, 4) is 5.88 Å². The molecule has 3 aromatic rings. The Labute approximate surface area is 137 Å². The zero-order valence-electron chi connectivity index (χ0n) is 12.2. The minimum Gasteiger partial charge on any atom is -0.494 e. The van der Waals surface area contributed by atoms with Crippen LogP contribution in [0, 0.1) is 0 Å². The SMILES string of the molecule is COC(=O)c1ccc(N=Cc2c(O)[nH]c3ccc(Cl)cc23)cc1. The van der Waals surface area contributed by atoms with E-state index in [0.717, 1.165) is 10.9 Å². The fraction of sp³-hybridized carbons (Fsp3) is 0.0588. The molecule has 23 heavy (non-hydrogen) atoms. The molecule has 0 amide bonds. The first-order chi connectivity index (χ1) is 11.1. The fourth-order valence-electron chi connectivity index (χ4n) is 2.24. The maximum atomic E-state index is 11.4. The lowest BCUT2D eigenvalue weighted by molar-refractivity contribution is 0.0601. The first-order valence-corrected chi connectivity index (χ1v) is 7.19. The second kappa shape index (κ2) is 6.14. The highest BCUT2D eigenvalue weighted by Crippen LogP contribution is 2.28. The normalized spacial score (nSPS) is 11.2. The number of esters is 1. The molecule has 1 aromatic heterocycles. The molecule has 3 rings (SSSR count). The number of rotatable bonds is 3. The van der Waals surface area contributed by atoms with Crippen LogP contribution in [0.25, 0.3) is 10.9 Å². The molecule has 0 aliphatic carbocycles. The van der Waals surface area contributed by atoms with Gasteiger partial charge >= 0.3 is 5.97 Å². The summed E-state index contributed by atoms with van der Waals surface area (Å²) in [7, 11) is 1.33. The van der Waals surface area contributed by atoms with Gasteiger partial charge in [-0.3, -0.25) is 4.99 Å². The summed E-state index contributed by atoms with van der Waals surface area (Å²) in [6.07, 6.45) is 1.55. The molecule has 0 spiro atoms. The molecule has 2 N–H and O–H groups in total. The zero-order chi connectivity index (χ0) is 16.4. The second-order valence-electron chi connectivity index (χ2n) is 4.87. The number of fused-ring (bicyclic) bond motifs is 1. The molecule has 0 saturated heterocycles. The summed E-state index contributed by atoms with van der Waals surface area (Å²) in [4.78, 5) is 18.6. The maximum absolute atomic E-state index is 11.4. The van der Waals surface area contributed by atoms with Crippen LogP contribution >= 0.6 is 11.6 Å². The van der Waals surface area contributed by atoms with Gasteiger partial charge in [-0.15, -0.1) is 0 Å². The lowest BCUT2D eigenvalue weighted by Gasteiger charge is -1.99. The van der Waals surface area contributed by atoms with Crippen LogP contribution < -0.4 is 0 Å². The van der Waals surface area contributed by atoms with Crippen LogP contribution in [0.5, 0.6) is 5.88 Å². The number of benzene rings is 2. The fourth-order valence-corrected chi connectivity index (χ4v) is 2.41. The summed E-state index contributed by atoms with van der Waals surface area (Å²) < 4.78 is 4.64. The van der Waals surface area contributed by atoms with Crippen LogP contribution in [-0.4, -0.2) is 29.4 Å². The minimum atomic E-state index is -0.399. The number of hydrogen-bond donors (Lipinski definition) is 2. The summed E-state index contributed by atoms with van der Waals surface area (Å²) in [6, 6.07) is 11.9. The molecule has 5 nitrogen and oxygen atoms in total. The molecule has 2 aromatic carbocycles. The van der Waals surface area contributed by atoms with E-state index in [1.54, 1.807) is 48.7 Å². The Kier molecular flexibility index (Phi) is 4.04. The van der Waals surface area contributed by atoms with E-state index in [2.05, 4.69) is 14.7 Å². The van der Waals surface area contributed by atoms with E-state index >= 15 is 0 Å². The van der Waals surface area contributed by atoms with Crippen LogP contribution in [-0.2, 0) is 4.74 Å². The number of carbonyl (C=O) groups excluding carboxylic acids is 1. The quantitative estimate of drug-likeness (QED) is 0.562. The van der Waals surface area contributed by atoms with Gasteiger partial charge in [0.15, 0.2) is 5.88 Å². The van der Waals surface area contributed by atoms with E-state index < -0.39 is 5.97 Å². The predicted octanol–water partition coefficient (Wildman–Crippen LogP) is 4.06. The summed E-state index contributed by atoms with van der Waals surface area (Å²) >= 11 is 5.99. The third kappa shape index (κ3) is 3.05. The van der Waals surface area contributed by atoms with Crippen molar-refractivity contribution in [3.05, 3.63) is 58.6 Å². The first kappa shape index (κ1) is 15.1. The number of carbonyl (C=O) groups is 1. The van der Waals surface area contributed by atoms with Gasteiger partial charge < -0.3 is 14.8 Å². The summed E-state index contributed by atoms with van der Waals surface area (Å²) in [5.41, 5.74) is 2.43. The van der Waals surface area contributed by atoms with Crippen molar-refractivity contribution in [3.63, 3.8) is 0 Å². The lowest BCUT2D eigenvalue weighted by atomic mass is 10.2. The van der Waals surface area contributed by atoms with Crippen LogP contribution in [0.1, 0.15) is 15.9 Å². The molecular formula is C17H13ClN2O3. The first-order valence-electron chi connectivity index (χ1n) is 6.81. The molecule has 0 aliphatic heterocycles. The van der Waals surface area contributed by atoms with E-state index in [-0.39, 0.29) is 5.88 Å². The van der Waals surface area contributed by atoms with Crippen LogP contribution in [0.15, 0.2) is 47.5 Å². The Bertz CT molecular complexity index is 898. The van der Waals surface area contributed by atoms with Gasteiger partial charge in [0.25, 0.3) is 0 Å². The van der Waals surface area contributed by atoms with Crippen molar-refractivity contribution in [1.29, 1.82) is 0 Å². The molecule has 0 fully saturated rings. The Morgan fingerprint density at radius 2 is 2.00 bits per heavy atom. The Hall–Kier alpha value is -2.79. The van der Waals surface area contributed by atoms with Crippen molar-refractivity contribution in [2.24, 2.45) is 4.99 Å². The smallest absolute Gasteiger partial charge is 0.337 e. The van der Waals surface area contributed by atoms with Crippen molar-refractivity contribution in [1.82, 2.24) is 4.98 Å². The standard InChI is InChI=1S/C17H13ClN2O3/c1-23-17(22)10-2-5-12(6-3-10)19-9-14-13-8-11(18)4-7-15(13)20-16(14)21/h2-9,20-21H,1H3. The summed E-state index contributed by atoms with van der Waals surface area (Å²) in [5, 5.41) is 11.4. The van der Waals surface area contributed by atoms with Crippen molar-refractivity contribution in [2.75, 3.05) is 7.11 Å². The average molecular weight is 329 g/mol. The zero-order valence-corrected chi connectivity index (χ0v) is 13.0. The minimum absolute atomic E-state index is 0.0252. The van der Waals surface area contributed by atoms with Crippen LogP contribution in [0.2, 0.25) is 5.02 Å². The maximum Gasteiger partial charge on any atom is 0.337 e. The number of aromatic nitrogens is 1. The molecule has 116 valence electrons. The van der Waals surface area contributed by atoms with Crippen molar-refractivity contribution < 1.29 is 14.6 Å². The lowest BCUT2D eigenvalue weighted by Crippen LogP contribution is -1.99. The van der Waals surface area contributed by atoms with Gasteiger partial charge in [-0.1, -0.05) is 11.6 Å². The Morgan fingerprint density at radius 1 is 1.26 bits per heavy atom. The molecule has 0 radical (unpaired) electrons. The van der Waals surface area contributed by atoms with E-state index in [9.17, 15) is 9.90 Å². The number of aromatic hydroxyl groups is 1. The average Bonchev–Trinajstić information content (AvgIpc) is 2.87. The number of aliphatic imine (C=N–C) groups is 1. The topological polar surface area (TPSA) is 74.7 Å². The Morgan fingerprint density at radius 3 is 2.70 bits per heavy atom. The van der Waals surface area contributed by atoms with E-state index in [4.69, 9.17) is 11.6 Å². The molecular weight excluding hydrogens is 316 g/mol. The number of aromatic amines is 1. The number of hydrogen-bond acceptors (Lipinski definition) is 4. The molecule has 0 saturated carbocycles. The highest BCUT2D eigenvalue weighted by Gasteiger charge is 2.09. The van der Waals surface area contributed by atoms with E-state index in [0.29, 0.717) is 21.8 Å². The number of nitrogens with zero attached hydrogens (tertiary/aromatic N) is 1. The van der Waals surface area contributed by atoms with Gasteiger partial charge in [0.2, 0.25) is 0 Å². The van der Waals surface area contributed by atoms with Gasteiger partial charge in [0.05, 0.1) is 23.9 Å². The second-order valence-corrected chi connectivity index (χ2v) is 5.31. The molecule has 1 heterocycles. The van der Waals surface area contributed by atoms with E-state index in [1.807, 2.05) is 0 Å². The van der Waals surface area contributed by atoms with Crippen LogP contribution in [0.3, 0.4) is 0 Å². The number of ether oxygens (including phenoxy) is 1. The van der Waals surface area contributed by atoms with Gasteiger partial charge in [0.1, 0.15) is 0 Å². The molecule has 6 heteroatoms. The van der Waals surface area contributed by atoms with Gasteiger partial charge in [-0.2, -0.15) is 0 Å². The third-order valence-electron chi connectivity index (χ3n) is 3.41. The van der Waals surface area contributed by atoms with Crippen molar-refractivity contribution in [2.45, 2.75) is 0 Å². The number of methoxy groups -OCH3 is 1. The van der Waals surface area contributed by atoms with E-state index in [1.165, 1.54) is 7.11 Å². The highest BCUT2D eigenvalue weighted by atomic mass is 35.5. The Balaban J connectivity index is 1.92. The number of halogens is 1. The molecule has 0 aliphatic rings. The van der Waals surface area contributed by atoms with Gasteiger partial charge in [-0.05, 0) is 42.5 Å². The molecule has 0 bridgehead atoms. The van der Waals surface area contributed by atoms with Crippen molar-refractivity contribution >= 4 is 40.4 Å². The largest absolute Gasteiger partial charge is 0.494 e.